The monoisotopic (exact) mass is 294 g/mol. The molecule has 0 atom stereocenters. The molecule has 0 radical (unpaired) electrons. The Bertz CT molecular complexity index is 309. The molecule has 0 N–H and O–H groups in total. The molecule has 0 saturated heterocycles. The van der Waals surface area contributed by atoms with Crippen molar-refractivity contribution in [2.75, 3.05) is 0 Å². The molecule has 1 rings (SSSR count). The fraction of sp³-hybridized carbons (Fsp3) is 0.222. The maximum Gasteiger partial charge on any atom is 0.163 e. The number of rotatable bonds is 2. The first-order valence-corrected chi connectivity index (χ1v) is 5.09. The normalized spacial score (nSPS) is 9.92. The van der Waals surface area contributed by atoms with Gasteiger partial charge in [0, 0.05) is 20.6 Å². The Morgan fingerprint density at radius 3 is 2.75 bits per heavy atom. The third-order valence-electron chi connectivity index (χ3n) is 1.55. The van der Waals surface area contributed by atoms with Crippen molar-refractivity contribution in [3.63, 3.8) is 0 Å². The van der Waals surface area contributed by atoms with Gasteiger partial charge in [0.1, 0.15) is 0 Å². The lowest BCUT2D eigenvalue weighted by Crippen LogP contribution is -1.98. The Morgan fingerprint density at radius 1 is 1.58 bits per heavy atom. The molecule has 0 aromatic heterocycles. The van der Waals surface area contributed by atoms with Gasteiger partial charge in [0.2, 0.25) is 0 Å². The number of Topliss-reactive ketones (excluding diaryl/α,β-unsaturated/α-hetero) is 1. The van der Waals surface area contributed by atoms with Crippen LogP contribution in [0, 0.1) is 3.57 Å². The van der Waals surface area contributed by atoms with Gasteiger partial charge in [-0.3, -0.25) is 4.79 Å². The van der Waals surface area contributed by atoms with Crippen LogP contribution in [0.3, 0.4) is 0 Å². The van der Waals surface area contributed by atoms with Crippen LogP contribution in [-0.4, -0.2) is 5.78 Å². The van der Waals surface area contributed by atoms with Crippen LogP contribution >= 0.6 is 34.2 Å². The van der Waals surface area contributed by atoms with E-state index in [4.69, 9.17) is 11.6 Å². The standard InChI is InChI=1S/C9H8ClIO/c1-2-9(12)7-4-3-6(10)5-8(7)11/h3-5H,2H2,1H3. The van der Waals surface area contributed by atoms with Gasteiger partial charge < -0.3 is 0 Å². The average molecular weight is 295 g/mol. The van der Waals surface area contributed by atoms with Crippen LogP contribution in [0.15, 0.2) is 18.2 Å². The summed E-state index contributed by atoms with van der Waals surface area (Å²) in [5, 5.41) is 0.673. The number of ketones is 1. The predicted octanol–water partition coefficient (Wildman–Crippen LogP) is 3.54. The lowest BCUT2D eigenvalue weighted by molar-refractivity contribution is 0.0987. The van der Waals surface area contributed by atoms with Crippen LogP contribution in [-0.2, 0) is 0 Å². The minimum Gasteiger partial charge on any atom is -0.294 e. The molecule has 0 unspecified atom stereocenters. The molecule has 0 saturated carbocycles. The molecule has 1 aromatic carbocycles. The Balaban J connectivity index is 3.09. The van der Waals surface area contributed by atoms with Crippen molar-refractivity contribution >= 4 is 40.0 Å². The van der Waals surface area contributed by atoms with E-state index in [-0.39, 0.29) is 5.78 Å². The van der Waals surface area contributed by atoms with E-state index >= 15 is 0 Å². The second-order valence-corrected chi connectivity index (χ2v) is 4.00. The zero-order valence-corrected chi connectivity index (χ0v) is 9.52. The second-order valence-electron chi connectivity index (χ2n) is 2.40. The minimum absolute atomic E-state index is 0.163. The van der Waals surface area contributed by atoms with E-state index in [1.54, 1.807) is 18.2 Å². The molecule has 0 spiro atoms. The minimum atomic E-state index is 0.163. The summed E-state index contributed by atoms with van der Waals surface area (Å²) < 4.78 is 0.923. The SMILES string of the molecule is CCC(=O)c1ccc(Cl)cc1I. The molecule has 3 heteroatoms. The van der Waals surface area contributed by atoms with Gasteiger partial charge in [-0.05, 0) is 40.8 Å². The summed E-state index contributed by atoms with van der Waals surface area (Å²) in [7, 11) is 0. The van der Waals surface area contributed by atoms with Crippen LogP contribution in [0.25, 0.3) is 0 Å². The maximum atomic E-state index is 11.3. The van der Waals surface area contributed by atoms with Crippen molar-refractivity contribution in [2.45, 2.75) is 13.3 Å². The van der Waals surface area contributed by atoms with Crippen molar-refractivity contribution in [3.05, 3.63) is 32.4 Å². The molecule has 0 aliphatic heterocycles. The number of halogens is 2. The highest BCUT2D eigenvalue weighted by molar-refractivity contribution is 14.1. The molecule has 1 nitrogen and oxygen atoms in total. The van der Waals surface area contributed by atoms with Gasteiger partial charge in [0.25, 0.3) is 0 Å². The van der Waals surface area contributed by atoms with Gasteiger partial charge in [-0.25, -0.2) is 0 Å². The third-order valence-corrected chi connectivity index (χ3v) is 2.68. The summed E-state index contributed by atoms with van der Waals surface area (Å²) in [5.74, 6) is 0.163. The van der Waals surface area contributed by atoms with Gasteiger partial charge in [-0.2, -0.15) is 0 Å². The molecule has 0 amide bonds. The van der Waals surface area contributed by atoms with Gasteiger partial charge >= 0.3 is 0 Å². The van der Waals surface area contributed by atoms with Gasteiger partial charge in [0.15, 0.2) is 5.78 Å². The molecule has 12 heavy (non-hydrogen) atoms. The van der Waals surface area contributed by atoms with Crippen LogP contribution < -0.4 is 0 Å². The zero-order chi connectivity index (χ0) is 9.14. The second kappa shape index (κ2) is 4.23. The number of carbonyl (C=O) groups is 1. The first-order valence-electron chi connectivity index (χ1n) is 3.63. The molecular formula is C9H8ClIO. The van der Waals surface area contributed by atoms with E-state index < -0.39 is 0 Å². The molecule has 64 valence electrons. The van der Waals surface area contributed by atoms with E-state index in [0.29, 0.717) is 11.4 Å². The molecule has 0 aliphatic rings. The van der Waals surface area contributed by atoms with Crippen LogP contribution in [0.2, 0.25) is 5.02 Å². The molecular weight excluding hydrogens is 286 g/mol. The lowest BCUT2D eigenvalue weighted by atomic mass is 10.1. The summed E-state index contributed by atoms with van der Waals surface area (Å²) >= 11 is 7.87. The van der Waals surface area contributed by atoms with E-state index in [0.717, 1.165) is 9.13 Å². The molecule has 0 bridgehead atoms. The summed E-state index contributed by atoms with van der Waals surface area (Å²) in [4.78, 5) is 11.3. The van der Waals surface area contributed by atoms with Gasteiger partial charge in [0.05, 0.1) is 0 Å². The number of hydrogen-bond donors (Lipinski definition) is 0. The summed E-state index contributed by atoms with van der Waals surface area (Å²) in [6, 6.07) is 5.31. The van der Waals surface area contributed by atoms with E-state index in [2.05, 4.69) is 22.6 Å². The van der Waals surface area contributed by atoms with Gasteiger partial charge in [-0.1, -0.05) is 18.5 Å². The van der Waals surface area contributed by atoms with Crippen molar-refractivity contribution in [2.24, 2.45) is 0 Å². The fourth-order valence-corrected chi connectivity index (χ4v) is 2.08. The van der Waals surface area contributed by atoms with E-state index in [1.165, 1.54) is 0 Å². The summed E-state index contributed by atoms with van der Waals surface area (Å²) in [6.07, 6.45) is 0.539. The van der Waals surface area contributed by atoms with Crippen molar-refractivity contribution in [1.82, 2.24) is 0 Å². The van der Waals surface area contributed by atoms with Crippen LogP contribution in [0.5, 0.6) is 0 Å². The van der Waals surface area contributed by atoms with E-state index in [1.807, 2.05) is 6.92 Å². The smallest absolute Gasteiger partial charge is 0.163 e. The topological polar surface area (TPSA) is 17.1 Å². The highest BCUT2D eigenvalue weighted by atomic mass is 127. The molecule has 1 aromatic rings. The largest absolute Gasteiger partial charge is 0.294 e. The molecule has 0 fully saturated rings. The van der Waals surface area contributed by atoms with Crippen molar-refractivity contribution in [3.8, 4) is 0 Å². The zero-order valence-electron chi connectivity index (χ0n) is 6.60. The fourth-order valence-electron chi connectivity index (χ4n) is 0.906. The Labute approximate surface area is 90.3 Å². The summed E-state index contributed by atoms with van der Waals surface area (Å²) in [5.41, 5.74) is 0.766. The predicted molar refractivity (Wildman–Crippen MR) is 58.8 cm³/mol. The Morgan fingerprint density at radius 2 is 2.25 bits per heavy atom. The quantitative estimate of drug-likeness (QED) is 0.602. The number of benzene rings is 1. The van der Waals surface area contributed by atoms with E-state index in [9.17, 15) is 4.79 Å². The summed E-state index contributed by atoms with van der Waals surface area (Å²) in [6.45, 7) is 1.85. The Hall–Kier alpha value is -0.0900. The lowest BCUT2D eigenvalue weighted by Gasteiger charge is -2.01. The van der Waals surface area contributed by atoms with Gasteiger partial charge in [-0.15, -0.1) is 0 Å². The first-order chi connectivity index (χ1) is 5.65. The van der Waals surface area contributed by atoms with Crippen LogP contribution in [0.4, 0.5) is 0 Å². The maximum absolute atomic E-state index is 11.3. The highest BCUT2D eigenvalue weighted by Gasteiger charge is 2.06. The third kappa shape index (κ3) is 2.20. The molecule has 0 heterocycles. The number of hydrogen-bond acceptors (Lipinski definition) is 1. The average Bonchev–Trinajstić information content (AvgIpc) is 2.03. The highest BCUT2D eigenvalue weighted by Crippen LogP contribution is 2.18. The first kappa shape index (κ1) is 9.99. The van der Waals surface area contributed by atoms with Crippen LogP contribution in [0.1, 0.15) is 23.7 Å². The van der Waals surface area contributed by atoms with Crippen molar-refractivity contribution < 1.29 is 4.79 Å². The molecule has 0 aliphatic carbocycles. The van der Waals surface area contributed by atoms with Crippen molar-refractivity contribution in [1.29, 1.82) is 0 Å². The Kier molecular flexibility index (Phi) is 3.53. The number of carbonyl (C=O) groups excluding carboxylic acids is 1.